The summed E-state index contributed by atoms with van der Waals surface area (Å²) in [4.78, 5) is 24.7. The van der Waals surface area contributed by atoms with Crippen LogP contribution in [0.1, 0.15) is 58.3 Å². The molecule has 1 aliphatic rings. The molecule has 5 nitrogen and oxygen atoms in total. The molecule has 1 rings (SSSR count). The number of carboxylic acid groups (broad SMARTS) is 1. The Morgan fingerprint density at radius 3 is 2.74 bits per heavy atom. The molecule has 0 saturated carbocycles. The van der Waals surface area contributed by atoms with Crippen LogP contribution in [-0.4, -0.2) is 40.5 Å². The lowest BCUT2D eigenvalue weighted by Crippen LogP contribution is -2.43. The molecule has 1 aliphatic heterocycles. The lowest BCUT2D eigenvalue weighted by Gasteiger charge is -2.36. The second-order valence-corrected chi connectivity index (χ2v) is 5.54. The van der Waals surface area contributed by atoms with Gasteiger partial charge in [0.1, 0.15) is 0 Å². The van der Waals surface area contributed by atoms with E-state index in [-0.39, 0.29) is 24.4 Å². The molecule has 1 saturated heterocycles. The lowest BCUT2D eigenvalue weighted by atomic mass is 9.97. The molecular weight excluding hydrogens is 244 g/mol. The van der Waals surface area contributed by atoms with Crippen LogP contribution >= 0.6 is 0 Å². The number of carboxylic acids is 1. The Labute approximate surface area is 115 Å². The molecule has 110 valence electrons. The highest BCUT2D eigenvalue weighted by Crippen LogP contribution is 2.22. The van der Waals surface area contributed by atoms with E-state index in [1.807, 2.05) is 11.8 Å². The van der Waals surface area contributed by atoms with Gasteiger partial charge in [-0.25, -0.2) is 0 Å². The SMILES string of the molecule is CC(N)CCCC(=O)N1CCCCC1CCC(=O)O. The number of aliphatic carboxylic acids is 1. The highest BCUT2D eigenvalue weighted by atomic mass is 16.4. The number of amides is 1. The maximum absolute atomic E-state index is 12.2. The number of likely N-dealkylation sites (tertiary alicyclic amines) is 1. The van der Waals surface area contributed by atoms with Crippen LogP contribution in [0.3, 0.4) is 0 Å². The van der Waals surface area contributed by atoms with Crippen LogP contribution in [0.15, 0.2) is 0 Å². The average Bonchev–Trinajstić information content (AvgIpc) is 2.36. The maximum Gasteiger partial charge on any atom is 0.303 e. The summed E-state index contributed by atoms with van der Waals surface area (Å²) in [5.41, 5.74) is 5.68. The summed E-state index contributed by atoms with van der Waals surface area (Å²) in [6.45, 7) is 2.72. The van der Waals surface area contributed by atoms with Gasteiger partial charge in [-0.05, 0) is 45.4 Å². The molecule has 0 aliphatic carbocycles. The van der Waals surface area contributed by atoms with Crippen molar-refractivity contribution in [1.82, 2.24) is 4.90 Å². The third-order valence-corrected chi connectivity index (χ3v) is 3.69. The van der Waals surface area contributed by atoms with E-state index in [9.17, 15) is 9.59 Å². The normalized spacial score (nSPS) is 21.2. The van der Waals surface area contributed by atoms with Gasteiger partial charge in [0, 0.05) is 31.5 Å². The molecule has 1 amide bonds. The zero-order valence-corrected chi connectivity index (χ0v) is 11.8. The number of hydrogen-bond donors (Lipinski definition) is 2. The number of piperidine rings is 1. The Morgan fingerprint density at radius 2 is 2.11 bits per heavy atom. The molecule has 0 radical (unpaired) electrons. The van der Waals surface area contributed by atoms with E-state index in [1.54, 1.807) is 0 Å². The first-order chi connectivity index (χ1) is 9.00. The first-order valence-corrected chi connectivity index (χ1v) is 7.27. The van der Waals surface area contributed by atoms with Crippen LogP contribution in [0.5, 0.6) is 0 Å². The van der Waals surface area contributed by atoms with Crippen molar-refractivity contribution in [3.8, 4) is 0 Å². The summed E-state index contributed by atoms with van der Waals surface area (Å²) in [5, 5.41) is 8.75. The smallest absolute Gasteiger partial charge is 0.303 e. The van der Waals surface area contributed by atoms with Gasteiger partial charge in [-0.15, -0.1) is 0 Å². The molecule has 2 unspecified atom stereocenters. The van der Waals surface area contributed by atoms with E-state index in [0.29, 0.717) is 12.8 Å². The Bertz CT molecular complexity index is 305. The second kappa shape index (κ2) is 8.15. The standard InChI is InChI=1S/C14H26N2O3/c1-11(15)5-4-7-13(17)16-10-3-2-6-12(16)8-9-14(18)19/h11-12H,2-10,15H2,1H3,(H,18,19). The van der Waals surface area contributed by atoms with Crippen LogP contribution in [0.25, 0.3) is 0 Å². The first-order valence-electron chi connectivity index (χ1n) is 7.27. The minimum Gasteiger partial charge on any atom is -0.481 e. The van der Waals surface area contributed by atoms with E-state index in [2.05, 4.69) is 0 Å². The molecular formula is C14H26N2O3. The van der Waals surface area contributed by atoms with Crippen molar-refractivity contribution in [2.75, 3.05) is 6.54 Å². The van der Waals surface area contributed by atoms with Crippen molar-refractivity contribution in [2.45, 2.75) is 70.4 Å². The summed E-state index contributed by atoms with van der Waals surface area (Å²) in [5.74, 6) is -0.620. The van der Waals surface area contributed by atoms with E-state index in [0.717, 1.165) is 38.6 Å². The van der Waals surface area contributed by atoms with Gasteiger partial charge >= 0.3 is 5.97 Å². The fourth-order valence-electron chi connectivity index (χ4n) is 2.64. The summed E-state index contributed by atoms with van der Waals surface area (Å²) in [6, 6.07) is 0.254. The van der Waals surface area contributed by atoms with Crippen LogP contribution in [0.2, 0.25) is 0 Å². The van der Waals surface area contributed by atoms with Gasteiger partial charge in [0.2, 0.25) is 5.91 Å². The van der Waals surface area contributed by atoms with Crippen molar-refractivity contribution < 1.29 is 14.7 Å². The first kappa shape index (κ1) is 16.0. The van der Waals surface area contributed by atoms with Gasteiger partial charge in [0.25, 0.3) is 0 Å². The Kier molecular flexibility index (Phi) is 6.84. The third-order valence-electron chi connectivity index (χ3n) is 3.69. The number of carbonyl (C=O) groups excluding carboxylic acids is 1. The van der Waals surface area contributed by atoms with Gasteiger partial charge < -0.3 is 15.7 Å². The quantitative estimate of drug-likeness (QED) is 0.738. The number of carbonyl (C=O) groups is 2. The summed E-state index contributed by atoms with van der Waals surface area (Å²) >= 11 is 0. The van der Waals surface area contributed by atoms with Crippen molar-refractivity contribution >= 4 is 11.9 Å². The molecule has 0 aromatic rings. The summed E-state index contributed by atoms with van der Waals surface area (Å²) in [7, 11) is 0. The number of rotatable bonds is 7. The van der Waals surface area contributed by atoms with Crippen molar-refractivity contribution in [1.29, 1.82) is 0 Å². The molecule has 5 heteroatoms. The third kappa shape index (κ3) is 6.05. The zero-order chi connectivity index (χ0) is 14.3. The van der Waals surface area contributed by atoms with Crippen molar-refractivity contribution in [2.24, 2.45) is 5.73 Å². The lowest BCUT2D eigenvalue weighted by molar-refractivity contribution is -0.140. The molecule has 0 bridgehead atoms. The molecule has 0 spiro atoms. The Morgan fingerprint density at radius 1 is 1.37 bits per heavy atom. The van der Waals surface area contributed by atoms with Gasteiger partial charge in [-0.3, -0.25) is 9.59 Å². The minimum atomic E-state index is -0.782. The monoisotopic (exact) mass is 270 g/mol. The number of nitrogens with zero attached hydrogens (tertiary/aromatic N) is 1. The van der Waals surface area contributed by atoms with Crippen molar-refractivity contribution in [3.05, 3.63) is 0 Å². The van der Waals surface area contributed by atoms with E-state index in [4.69, 9.17) is 10.8 Å². The molecule has 2 atom stereocenters. The highest BCUT2D eigenvalue weighted by Gasteiger charge is 2.26. The van der Waals surface area contributed by atoms with E-state index in [1.165, 1.54) is 0 Å². The van der Waals surface area contributed by atoms with Crippen LogP contribution in [0.4, 0.5) is 0 Å². The van der Waals surface area contributed by atoms with Gasteiger partial charge in [0.05, 0.1) is 0 Å². The fourth-order valence-corrected chi connectivity index (χ4v) is 2.64. The molecule has 0 aromatic heterocycles. The van der Waals surface area contributed by atoms with Gasteiger partial charge in [-0.2, -0.15) is 0 Å². The second-order valence-electron chi connectivity index (χ2n) is 5.54. The average molecular weight is 270 g/mol. The summed E-state index contributed by atoms with van der Waals surface area (Å²) in [6.07, 6.45) is 5.99. The maximum atomic E-state index is 12.2. The molecule has 3 N–H and O–H groups in total. The molecule has 1 fully saturated rings. The predicted molar refractivity (Wildman–Crippen MR) is 73.7 cm³/mol. The largest absolute Gasteiger partial charge is 0.481 e. The molecule has 1 heterocycles. The molecule has 0 aromatic carbocycles. The van der Waals surface area contributed by atoms with Gasteiger partial charge in [-0.1, -0.05) is 0 Å². The Balaban J connectivity index is 2.41. The van der Waals surface area contributed by atoms with E-state index < -0.39 is 5.97 Å². The van der Waals surface area contributed by atoms with Crippen LogP contribution in [-0.2, 0) is 9.59 Å². The Hall–Kier alpha value is -1.10. The van der Waals surface area contributed by atoms with Crippen molar-refractivity contribution in [3.63, 3.8) is 0 Å². The minimum absolute atomic E-state index is 0.118. The highest BCUT2D eigenvalue weighted by molar-refractivity contribution is 5.76. The molecule has 19 heavy (non-hydrogen) atoms. The van der Waals surface area contributed by atoms with Gasteiger partial charge in [0.15, 0.2) is 0 Å². The number of hydrogen-bond acceptors (Lipinski definition) is 3. The number of nitrogens with two attached hydrogens (primary N) is 1. The fraction of sp³-hybridized carbons (Fsp3) is 0.857. The van der Waals surface area contributed by atoms with Crippen LogP contribution in [0, 0.1) is 0 Å². The van der Waals surface area contributed by atoms with Crippen LogP contribution < -0.4 is 5.73 Å². The topological polar surface area (TPSA) is 83.6 Å². The van der Waals surface area contributed by atoms with E-state index >= 15 is 0 Å². The summed E-state index contributed by atoms with van der Waals surface area (Å²) < 4.78 is 0. The zero-order valence-electron chi connectivity index (χ0n) is 11.8. The predicted octanol–water partition coefficient (Wildman–Crippen LogP) is 1.75.